The molecule has 3 aromatic carbocycles. The smallest absolute Gasteiger partial charge is 0.343 e. The molecule has 0 saturated carbocycles. The number of halogens is 1. The zero-order valence-electron chi connectivity index (χ0n) is 15.3. The molecule has 0 bridgehead atoms. The maximum Gasteiger partial charge on any atom is 0.343 e. The molecule has 0 aliphatic carbocycles. The Hall–Kier alpha value is -3.57. The summed E-state index contributed by atoms with van der Waals surface area (Å²) >= 11 is 5.83. The molecule has 0 atom stereocenters. The van der Waals surface area contributed by atoms with Crippen molar-refractivity contribution in [1.82, 2.24) is 0 Å². The Morgan fingerprint density at radius 1 is 0.966 bits per heavy atom. The predicted octanol–water partition coefficient (Wildman–Crippen LogP) is 5.34. The SMILES string of the molecule is COc1ccccc1-c1coc2cc(OC(=O)c3ccc(Cl)cc3)ccc2c1=O. The van der Waals surface area contributed by atoms with Crippen molar-refractivity contribution in [2.24, 2.45) is 0 Å². The molecule has 0 saturated heterocycles. The predicted molar refractivity (Wildman–Crippen MR) is 111 cm³/mol. The highest BCUT2D eigenvalue weighted by Crippen LogP contribution is 2.29. The summed E-state index contributed by atoms with van der Waals surface area (Å²) in [7, 11) is 1.54. The third-order valence-electron chi connectivity index (χ3n) is 4.43. The normalized spacial score (nSPS) is 10.7. The van der Waals surface area contributed by atoms with E-state index in [0.29, 0.717) is 38.4 Å². The standard InChI is InChI=1S/C23H15ClO5/c1-27-20-5-3-2-4-17(20)19-13-28-21-12-16(10-11-18(21)22(19)25)29-23(26)14-6-8-15(24)9-7-14/h2-13H,1H3. The van der Waals surface area contributed by atoms with Crippen LogP contribution in [0.4, 0.5) is 0 Å². The van der Waals surface area contributed by atoms with Crippen LogP contribution in [-0.4, -0.2) is 13.1 Å². The summed E-state index contributed by atoms with van der Waals surface area (Å²) in [4.78, 5) is 25.2. The lowest BCUT2D eigenvalue weighted by molar-refractivity contribution is 0.0735. The Balaban J connectivity index is 1.68. The second-order valence-corrected chi connectivity index (χ2v) is 6.67. The van der Waals surface area contributed by atoms with Crippen LogP contribution in [0.1, 0.15) is 10.4 Å². The van der Waals surface area contributed by atoms with E-state index < -0.39 is 5.97 Å². The van der Waals surface area contributed by atoms with Gasteiger partial charge in [-0.15, -0.1) is 0 Å². The molecule has 0 fully saturated rings. The Kier molecular flexibility index (Phi) is 5.06. The summed E-state index contributed by atoms with van der Waals surface area (Å²) in [6, 6.07) is 18.2. The van der Waals surface area contributed by atoms with E-state index in [4.69, 9.17) is 25.5 Å². The summed E-state index contributed by atoms with van der Waals surface area (Å²) in [5, 5.41) is 0.902. The van der Waals surface area contributed by atoms with Crippen LogP contribution in [0.25, 0.3) is 22.1 Å². The molecule has 0 spiro atoms. The number of benzene rings is 3. The summed E-state index contributed by atoms with van der Waals surface area (Å²) in [5.41, 5.74) is 1.51. The van der Waals surface area contributed by atoms with Gasteiger partial charge in [0.25, 0.3) is 0 Å². The molecule has 0 unspecified atom stereocenters. The summed E-state index contributed by atoms with van der Waals surface area (Å²) in [6.07, 6.45) is 1.38. The molecule has 5 nitrogen and oxygen atoms in total. The van der Waals surface area contributed by atoms with E-state index in [1.54, 1.807) is 55.6 Å². The molecule has 4 rings (SSSR count). The van der Waals surface area contributed by atoms with Crippen LogP contribution in [-0.2, 0) is 0 Å². The molecule has 4 aromatic rings. The third kappa shape index (κ3) is 3.73. The van der Waals surface area contributed by atoms with E-state index in [9.17, 15) is 9.59 Å². The second kappa shape index (κ2) is 7.81. The second-order valence-electron chi connectivity index (χ2n) is 6.23. The molecule has 1 aromatic heterocycles. The lowest BCUT2D eigenvalue weighted by atomic mass is 10.0. The van der Waals surface area contributed by atoms with E-state index in [0.717, 1.165) is 0 Å². The van der Waals surface area contributed by atoms with E-state index >= 15 is 0 Å². The zero-order chi connectivity index (χ0) is 20.4. The van der Waals surface area contributed by atoms with Gasteiger partial charge in [0, 0.05) is 16.7 Å². The summed E-state index contributed by atoms with van der Waals surface area (Å²) in [5.74, 6) is 0.312. The van der Waals surface area contributed by atoms with E-state index in [-0.39, 0.29) is 11.2 Å². The maximum absolute atomic E-state index is 12.9. The number of fused-ring (bicyclic) bond motifs is 1. The van der Waals surface area contributed by atoms with Crippen molar-refractivity contribution in [3.05, 3.63) is 93.8 Å². The number of esters is 1. The quantitative estimate of drug-likeness (QED) is 0.338. The Bertz CT molecular complexity index is 1260. The maximum atomic E-state index is 12.9. The number of rotatable bonds is 4. The molecule has 0 N–H and O–H groups in total. The van der Waals surface area contributed by atoms with Gasteiger partial charge >= 0.3 is 5.97 Å². The fourth-order valence-corrected chi connectivity index (χ4v) is 3.10. The largest absolute Gasteiger partial charge is 0.496 e. The van der Waals surface area contributed by atoms with Crippen molar-refractivity contribution in [1.29, 1.82) is 0 Å². The molecule has 29 heavy (non-hydrogen) atoms. The number of para-hydroxylation sites is 1. The molecule has 0 radical (unpaired) electrons. The van der Waals surface area contributed by atoms with Gasteiger partial charge in [0.05, 0.1) is 23.6 Å². The van der Waals surface area contributed by atoms with Gasteiger partial charge in [0.15, 0.2) is 0 Å². The minimum absolute atomic E-state index is 0.202. The highest BCUT2D eigenvalue weighted by atomic mass is 35.5. The van der Waals surface area contributed by atoms with Crippen LogP contribution in [0.3, 0.4) is 0 Å². The number of hydrogen-bond acceptors (Lipinski definition) is 5. The molecule has 6 heteroatoms. The van der Waals surface area contributed by atoms with Crippen molar-refractivity contribution in [2.75, 3.05) is 7.11 Å². The van der Waals surface area contributed by atoms with E-state index in [1.165, 1.54) is 12.3 Å². The highest BCUT2D eigenvalue weighted by molar-refractivity contribution is 6.30. The van der Waals surface area contributed by atoms with Crippen LogP contribution in [0.2, 0.25) is 5.02 Å². The van der Waals surface area contributed by atoms with Gasteiger partial charge in [0.1, 0.15) is 23.3 Å². The third-order valence-corrected chi connectivity index (χ3v) is 4.69. The van der Waals surface area contributed by atoms with Gasteiger partial charge in [-0.1, -0.05) is 29.8 Å². The number of carbonyl (C=O) groups excluding carboxylic acids is 1. The average Bonchev–Trinajstić information content (AvgIpc) is 2.74. The number of hydrogen-bond donors (Lipinski definition) is 0. The van der Waals surface area contributed by atoms with Crippen LogP contribution in [0.15, 0.2) is 82.2 Å². The fraction of sp³-hybridized carbons (Fsp3) is 0.0435. The topological polar surface area (TPSA) is 65.7 Å². The van der Waals surface area contributed by atoms with Crippen LogP contribution in [0, 0.1) is 0 Å². The first kappa shape index (κ1) is 18.8. The lowest BCUT2D eigenvalue weighted by Crippen LogP contribution is -2.09. The van der Waals surface area contributed by atoms with Gasteiger partial charge in [-0.05, 0) is 42.5 Å². The Morgan fingerprint density at radius 3 is 2.48 bits per heavy atom. The van der Waals surface area contributed by atoms with Gasteiger partial charge < -0.3 is 13.9 Å². The van der Waals surface area contributed by atoms with Crippen molar-refractivity contribution in [3.63, 3.8) is 0 Å². The number of ether oxygens (including phenoxy) is 2. The van der Waals surface area contributed by atoms with Crippen molar-refractivity contribution < 1.29 is 18.7 Å². The zero-order valence-corrected chi connectivity index (χ0v) is 16.1. The lowest BCUT2D eigenvalue weighted by Gasteiger charge is -2.09. The van der Waals surface area contributed by atoms with Crippen LogP contribution < -0.4 is 14.9 Å². The summed E-state index contributed by atoms with van der Waals surface area (Å²) in [6.45, 7) is 0. The first-order valence-electron chi connectivity index (χ1n) is 8.73. The van der Waals surface area contributed by atoms with Gasteiger partial charge in [-0.2, -0.15) is 0 Å². The first-order valence-corrected chi connectivity index (χ1v) is 9.11. The minimum atomic E-state index is -0.533. The van der Waals surface area contributed by atoms with Gasteiger partial charge in [-0.25, -0.2) is 4.79 Å². The molecule has 144 valence electrons. The van der Waals surface area contributed by atoms with E-state index in [2.05, 4.69) is 0 Å². The van der Waals surface area contributed by atoms with E-state index in [1.807, 2.05) is 12.1 Å². The first-order chi connectivity index (χ1) is 14.1. The molecule has 0 aliphatic heterocycles. The van der Waals surface area contributed by atoms with Crippen molar-refractivity contribution >= 4 is 28.5 Å². The van der Waals surface area contributed by atoms with Crippen molar-refractivity contribution in [3.8, 4) is 22.6 Å². The van der Waals surface area contributed by atoms with Gasteiger partial charge in [0.2, 0.25) is 5.43 Å². The molecule has 1 heterocycles. The van der Waals surface area contributed by atoms with Crippen molar-refractivity contribution in [2.45, 2.75) is 0 Å². The highest BCUT2D eigenvalue weighted by Gasteiger charge is 2.15. The van der Waals surface area contributed by atoms with Crippen LogP contribution >= 0.6 is 11.6 Å². The Labute approximate surface area is 171 Å². The monoisotopic (exact) mass is 406 g/mol. The number of methoxy groups -OCH3 is 1. The molecular weight excluding hydrogens is 392 g/mol. The summed E-state index contributed by atoms with van der Waals surface area (Å²) < 4.78 is 16.4. The van der Waals surface area contributed by atoms with Gasteiger partial charge in [-0.3, -0.25) is 4.79 Å². The molecular formula is C23H15ClO5. The fourth-order valence-electron chi connectivity index (χ4n) is 2.98. The molecule has 0 amide bonds. The molecule has 0 aliphatic rings. The minimum Gasteiger partial charge on any atom is -0.496 e. The average molecular weight is 407 g/mol. The number of carbonyl (C=O) groups is 1. The Morgan fingerprint density at radius 2 is 1.72 bits per heavy atom. The van der Waals surface area contributed by atoms with Crippen LogP contribution in [0.5, 0.6) is 11.5 Å².